The lowest BCUT2D eigenvalue weighted by atomic mass is 9.88. The first-order valence-electron chi connectivity index (χ1n) is 11.0. The molecule has 2 N–H and O–H groups in total. The van der Waals surface area contributed by atoms with E-state index < -0.39 is 0 Å². The second-order valence-electron chi connectivity index (χ2n) is 8.19. The van der Waals surface area contributed by atoms with Crippen LogP contribution in [0.15, 0.2) is 35.7 Å². The lowest BCUT2D eigenvalue weighted by Crippen LogP contribution is -2.18. The van der Waals surface area contributed by atoms with Gasteiger partial charge in [0, 0.05) is 15.4 Å². The Bertz CT molecular complexity index is 1110. The van der Waals surface area contributed by atoms with Gasteiger partial charge in [0.05, 0.1) is 24.3 Å². The average molecular weight is 469 g/mol. The molecule has 2 heterocycles. The second kappa shape index (κ2) is 9.88. The molecule has 0 unspecified atom stereocenters. The zero-order valence-corrected chi connectivity index (χ0v) is 20.3. The van der Waals surface area contributed by atoms with Crippen molar-refractivity contribution < 1.29 is 14.3 Å². The number of hydrogen-bond donors (Lipinski definition) is 2. The zero-order valence-electron chi connectivity index (χ0n) is 18.6. The Morgan fingerprint density at radius 1 is 1.19 bits per heavy atom. The van der Waals surface area contributed by atoms with Crippen LogP contribution >= 0.6 is 22.7 Å². The lowest BCUT2D eigenvalue weighted by Gasteiger charge is -2.18. The van der Waals surface area contributed by atoms with Crippen LogP contribution in [-0.2, 0) is 24.1 Å². The highest BCUT2D eigenvalue weighted by Gasteiger charge is 2.27. The van der Waals surface area contributed by atoms with Crippen LogP contribution < -0.4 is 10.6 Å². The topological polar surface area (TPSA) is 67.4 Å². The normalized spacial score (nSPS) is 15.2. The number of rotatable bonds is 7. The maximum atomic E-state index is 13.4. The summed E-state index contributed by atoms with van der Waals surface area (Å²) in [5, 5.41) is 9.61. The Kier molecular flexibility index (Phi) is 6.96. The zero-order chi connectivity index (χ0) is 22.7. The molecule has 168 valence electrons. The van der Waals surface area contributed by atoms with Crippen molar-refractivity contribution in [3.05, 3.63) is 67.7 Å². The van der Waals surface area contributed by atoms with E-state index in [4.69, 9.17) is 4.74 Å². The molecule has 0 saturated carbocycles. The molecule has 0 spiro atoms. The summed E-state index contributed by atoms with van der Waals surface area (Å²) in [6.45, 7) is 7.21. The van der Waals surface area contributed by atoms with E-state index >= 15 is 0 Å². The van der Waals surface area contributed by atoms with Gasteiger partial charge in [-0.15, -0.1) is 22.7 Å². The van der Waals surface area contributed by atoms with Crippen molar-refractivity contribution in [2.45, 2.75) is 46.6 Å². The quantitative estimate of drug-likeness (QED) is 0.400. The van der Waals surface area contributed by atoms with Crippen molar-refractivity contribution >= 4 is 45.2 Å². The summed E-state index contributed by atoms with van der Waals surface area (Å²) < 4.78 is 5.03. The Labute approximate surface area is 196 Å². The number of esters is 1. The van der Waals surface area contributed by atoms with E-state index in [1.165, 1.54) is 20.9 Å². The molecular weight excluding hydrogens is 440 g/mol. The van der Waals surface area contributed by atoms with Crippen molar-refractivity contribution in [3.63, 3.8) is 0 Å². The van der Waals surface area contributed by atoms with E-state index in [9.17, 15) is 9.59 Å². The molecule has 3 aromatic rings. The van der Waals surface area contributed by atoms with Gasteiger partial charge in [-0.3, -0.25) is 4.79 Å². The first kappa shape index (κ1) is 22.6. The summed E-state index contributed by atoms with van der Waals surface area (Å²) in [5.41, 5.74) is 4.34. The molecular formula is C25H28N2O3S2. The molecule has 4 rings (SSSR count). The van der Waals surface area contributed by atoms with Crippen LogP contribution in [0.4, 0.5) is 10.7 Å². The summed E-state index contributed by atoms with van der Waals surface area (Å²) in [7, 11) is 0. The molecule has 32 heavy (non-hydrogen) atoms. The van der Waals surface area contributed by atoms with Gasteiger partial charge < -0.3 is 15.4 Å². The number of hydrogen-bond acceptors (Lipinski definition) is 6. The SMILES string of the molecule is CCOC(=O)c1ccc(NC(=O)c2c(NCc3sccc3C)sc3c2CC[C@H](C)C3)cc1. The van der Waals surface area contributed by atoms with E-state index in [-0.39, 0.29) is 11.9 Å². The summed E-state index contributed by atoms with van der Waals surface area (Å²) in [6, 6.07) is 8.96. The smallest absolute Gasteiger partial charge is 0.338 e. The molecule has 7 heteroatoms. The Hall–Kier alpha value is -2.64. The number of thiophene rings is 2. The lowest BCUT2D eigenvalue weighted by molar-refractivity contribution is 0.0526. The Morgan fingerprint density at radius 3 is 2.66 bits per heavy atom. The molecule has 0 bridgehead atoms. The van der Waals surface area contributed by atoms with Crippen LogP contribution in [0, 0.1) is 12.8 Å². The van der Waals surface area contributed by atoms with Gasteiger partial charge >= 0.3 is 5.97 Å². The summed E-state index contributed by atoms with van der Waals surface area (Å²) >= 11 is 3.45. The molecule has 1 aromatic carbocycles. The van der Waals surface area contributed by atoms with Gasteiger partial charge in [0.2, 0.25) is 0 Å². The molecule has 0 saturated heterocycles. The molecule has 5 nitrogen and oxygen atoms in total. The van der Waals surface area contributed by atoms with Gasteiger partial charge in [-0.1, -0.05) is 6.92 Å². The van der Waals surface area contributed by atoms with Crippen molar-refractivity contribution in [1.82, 2.24) is 0 Å². The average Bonchev–Trinajstić information content (AvgIpc) is 3.35. The van der Waals surface area contributed by atoms with Gasteiger partial charge in [0.1, 0.15) is 5.00 Å². The number of amides is 1. The Morgan fingerprint density at radius 2 is 1.97 bits per heavy atom. The number of carbonyl (C=O) groups excluding carboxylic acids is 2. The van der Waals surface area contributed by atoms with Crippen molar-refractivity contribution in [2.24, 2.45) is 5.92 Å². The number of carbonyl (C=O) groups is 2. The number of nitrogens with one attached hydrogen (secondary N) is 2. The number of aryl methyl sites for hydroxylation is 1. The van der Waals surface area contributed by atoms with E-state index in [0.717, 1.165) is 29.8 Å². The number of ether oxygens (including phenoxy) is 1. The van der Waals surface area contributed by atoms with E-state index in [1.54, 1.807) is 53.9 Å². The first-order chi connectivity index (χ1) is 15.5. The van der Waals surface area contributed by atoms with Gasteiger partial charge in [-0.25, -0.2) is 4.79 Å². The van der Waals surface area contributed by atoms with Crippen molar-refractivity contribution in [1.29, 1.82) is 0 Å². The minimum Gasteiger partial charge on any atom is -0.462 e. The summed E-state index contributed by atoms with van der Waals surface area (Å²) in [6.07, 6.45) is 3.05. The van der Waals surface area contributed by atoms with Gasteiger partial charge in [-0.2, -0.15) is 0 Å². The van der Waals surface area contributed by atoms with Crippen molar-refractivity contribution in [3.8, 4) is 0 Å². The Balaban J connectivity index is 1.56. The molecule has 1 amide bonds. The standard InChI is InChI=1S/C25H28N2O3S2/c1-4-30-25(29)17-6-8-18(9-7-17)27-23(28)22-19-10-5-15(2)13-20(19)32-24(22)26-14-21-16(3)11-12-31-21/h6-9,11-12,15,26H,4-5,10,13-14H2,1-3H3,(H,27,28)/t15-/m0/s1. The molecule has 0 aliphatic heterocycles. The molecule has 1 aliphatic carbocycles. The van der Waals surface area contributed by atoms with Crippen LogP contribution in [-0.4, -0.2) is 18.5 Å². The number of benzene rings is 1. The second-order valence-corrected chi connectivity index (χ2v) is 10.3. The van der Waals surface area contributed by atoms with Crippen LogP contribution in [0.5, 0.6) is 0 Å². The highest BCUT2D eigenvalue weighted by Crippen LogP contribution is 2.40. The van der Waals surface area contributed by atoms with Crippen LogP contribution in [0.2, 0.25) is 0 Å². The maximum absolute atomic E-state index is 13.4. The highest BCUT2D eigenvalue weighted by molar-refractivity contribution is 7.16. The number of fused-ring (bicyclic) bond motifs is 1. The predicted octanol–water partition coefficient (Wildman–Crippen LogP) is 6.28. The van der Waals surface area contributed by atoms with Gasteiger partial charge in [0.15, 0.2) is 0 Å². The summed E-state index contributed by atoms with van der Waals surface area (Å²) in [5.74, 6) is 0.174. The molecule has 0 radical (unpaired) electrons. The van der Waals surface area contributed by atoms with Gasteiger partial charge in [0.25, 0.3) is 5.91 Å². The third-order valence-electron chi connectivity index (χ3n) is 5.77. The molecule has 1 atom stereocenters. The summed E-state index contributed by atoms with van der Waals surface area (Å²) in [4.78, 5) is 27.8. The number of anilines is 2. The molecule has 1 aliphatic rings. The van der Waals surface area contributed by atoms with Gasteiger partial charge in [-0.05, 0) is 85.9 Å². The fourth-order valence-electron chi connectivity index (χ4n) is 3.96. The minimum atomic E-state index is -0.359. The highest BCUT2D eigenvalue weighted by atomic mass is 32.1. The molecule has 2 aromatic heterocycles. The minimum absolute atomic E-state index is 0.105. The monoisotopic (exact) mass is 468 g/mol. The fraction of sp³-hybridized carbons (Fsp3) is 0.360. The van der Waals surface area contributed by atoms with E-state index in [0.29, 0.717) is 30.3 Å². The van der Waals surface area contributed by atoms with Crippen molar-refractivity contribution in [2.75, 3.05) is 17.2 Å². The van der Waals surface area contributed by atoms with Crippen LogP contribution in [0.3, 0.4) is 0 Å². The van der Waals surface area contributed by atoms with Crippen LogP contribution in [0.1, 0.15) is 61.9 Å². The maximum Gasteiger partial charge on any atom is 0.338 e. The van der Waals surface area contributed by atoms with Crippen LogP contribution in [0.25, 0.3) is 0 Å². The van der Waals surface area contributed by atoms with E-state index in [2.05, 4.69) is 35.9 Å². The van der Waals surface area contributed by atoms with E-state index in [1.807, 2.05) is 0 Å². The third-order valence-corrected chi connectivity index (χ3v) is 8.01. The first-order valence-corrected chi connectivity index (χ1v) is 12.7. The third kappa shape index (κ3) is 4.89. The molecule has 0 fully saturated rings. The largest absolute Gasteiger partial charge is 0.462 e. The predicted molar refractivity (Wildman–Crippen MR) is 132 cm³/mol. The fourth-order valence-corrected chi connectivity index (χ4v) is 6.21.